The maximum atomic E-state index is 12.3. The number of nitrogens with one attached hydrogen (secondary N) is 2. The van der Waals surface area contributed by atoms with Crippen LogP contribution < -0.4 is 10.3 Å². The summed E-state index contributed by atoms with van der Waals surface area (Å²) in [4.78, 5) is 30.6. The number of ether oxygens (including phenoxy) is 1. The number of aromatic nitrogens is 2. The SMILES string of the molecule is Cc1ccc(S(=O)(=O)NCCC(=O)OCc2nc3ccsc3c(=O)[nH]2)cc1C. The number of sulfonamides is 1. The first kappa shape index (κ1) is 20.2. The summed E-state index contributed by atoms with van der Waals surface area (Å²) in [5, 5.41) is 1.75. The van der Waals surface area contributed by atoms with E-state index in [1.165, 1.54) is 17.4 Å². The maximum absolute atomic E-state index is 12.3. The number of thiophene rings is 1. The second kappa shape index (κ2) is 8.21. The second-order valence-corrected chi connectivity index (χ2v) is 8.89. The lowest BCUT2D eigenvalue weighted by Crippen LogP contribution is -2.27. The van der Waals surface area contributed by atoms with E-state index in [0.29, 0.717) is 10.2 Å². The Morgan fingerprint density at radius 1 is 1.25 bits per heavy atom. The molecule has 28 heavy (non-hydrogen) atoms. The van der Waals surface area contributed by atoms with Crippen molar-refractivity contribution in [2.24, 2.45) is 0 Å². The topological polar surface area (TPSA) is 118 Å². The van der Waals surface area contributed by atoms with Crippen LogP contribution in [0.5, 0.6) is 0 Å². The van der Waals surface area contributed by atoms with E-state index >= 15 is 0 Å². The molecule has 0 aliphatic carbocycles. The lowest BCUT2D eigenvalue weighted by molar-refractivity contribution is -0.145. The van der Waals surface area contributed by atoms with Gasteiger partial charge in [0.15, 0.2) is 0 Å². The molecular weight excluding hydrogens is 402 g/mol. The predicted octanol–water partition coefficient (Wildman–Crippen LogP) is 2.01. The molecule has 10 heteroatoms. The maximum Gasteiger partial charge on any atom is 0.307 e. The number of hydrogen-bond donors (Lipinski definition) is 2. The first-order valence-electron chi connectivity index (χ1n) is 8.45. The molecule has 3 aromatic rings. The Kier molecular flexibility index (Phi) is 5.92. The van der Waals surface area contributed by atoms with Gasteiger partial charge in [0.2, 0.25) is 10.0 Å². The molecule has 2 aromatic heterocycles. The normalized spacial score (nSPS) is 11.6. The number of aromatic amines is 1. The van der Waals surface area contributed by atoms with Gasteiger partial charge in [0.05, 0.1) is 16.8 Å². The zero-order valence-electron chi connectivity index (χ0n) is 15.3. The summed E-state index contributed by atoms with van der Waals surface area (Å²) < 4.78 is 32.5. The molecule has 0 fully saturated rings. The minimum absolute atomic E-state index is 0.0956. The highest BCUT2D eigenvalue weighted by molar-refractivity contribution is 7.89. The number of carbonyl (C=O) groups excluding carboxylic acids is 1. The Morgan fingerprint density at radius 2 is 2.04 bits per heavy atom. The Hall–Kier alpha value is -2.56. The largest absolute Gasteiger partial charge is 0.457 e. The van der Waals surface area contributed by atoms with Crippen molar-refractivity contribution in [3.8, 4) is 0 Å². The number of H-pyrrole nitrogens is 1. The Balaban J connectivity index is 1.52. The van der Waals surface area contributed by atoms with Crippen LogP contribution in [0.15, 0.2) is 39.3 Å². The number of carbonyl (C=O) groups is 1. The van der Waals surface area contributed by atoms with Crippen molar-refractivity contribution in [3.63, 3.8) is 0 Å². The highest BCUT2D eigenvalue weighted by atomic mass is 32.2. The summed E-state index contributed by atoms with van der Waals surface area (Å²) in [6.45, 7) is 3.44. The van der Waals surface area contributed by atoms with Crippen LogP contribution in [0.1, 0.15) is 23.4 Å². The average Bonchev–Trinajstić information content (AvgIpc) is 3.11. The minimum atomic E-state index is -3.70. The molecule has 0 saturated heterocycles. The van der Waals surface area contributed by atoms with Crippen molar-refractivity contribution in [2.45, 2.75) is 31.8 Å². The van der Waals surface area contributed by atoms with Gasteiger partial charge in [0.1, 0.15) is 17.1 Å². The average molecular weight is 422 g/mol. The van der Waals surface area contributed by atoms with Gasteiger partial charge in [-0.2, -0.15) is 0 Å². The molecule has 2 heterocycles. The first-order valence-corrected chi connectivity index (χ1v) is 10.8. The number of fused-ring (bicyclic) bond motifs is 1. The minimum Gasteiger partial charge on any atom is -0.457 e. The third-order valence-electron chi connectivity index (χ3n) is 4.14. The standard InChI is InChI=1S/C18H19N3O5S2/c1-11-3-4-13(9-12(11)2)28(24,25)19-7-5-16(22)26-10-15-20-14-6-8-27-17(14)18(23)21-15/h3-4,6,8-9,19H,5,7,10H2,1-2H3,(H,20,21,23). The summed E-state index contributed by atoms with van der Waals surface area (Å²) in [5.74, 6) is -0.365. The number of hydrogen-bond acceptors (Lipinski definition) is 7. The molecule has 1 aromatic carbocycles. The molecule has 0 spiro atoms. The fourth-order valence-electron chi connectivity index (χ4n) is 2.46. The van der Waals surface area contributed by atoms with Gasteiger partial charge in [-0.15, -0.1) is 11.3 Å². The third-order valence-corrected chi connectivity index (χ3v) is 6.50. The molecule has 0 atom stereocenters. The smallest absolute Gasteiger partial charge is 0.307 e. The van der Waals surface area contributed by atoms with Gasteiger partial charge in [-0.05, 0) is 48.6 Å². The van der Waals surface area contributed by atoms with Crippen molar-refractivity contribution in [3.05, 3.63) is 57.0 Å². The van der Waals surface area contributed by atoms with Gasteiger partial charge >= 0.3 is 5.97 Å². The summed E-state index contributed by atoms with van der Waals surface area (Å²) in [6, 6.07) is 6.54. The number of aryl methyl sites for hydroxylation is 2. The van der Waals surface area contributed by atoms with Gasteiger partial charge in [-0.1, -0.05) is 6.07 Å². The predicted molar refractivity (Wildman–Crippen MR) is 106 cm³/mol. The highest BCUT2D eigenvalue weighted by Gasteiger charge is 2.15. The van der Waals surface area contributed by atoms with E-state index in [9.17, 15) is 18.0 Å². The van der Waals surface area contributed by atoms with Gasteiger partial charge in [-0.3, -0.25) is 9.59 Å². The molecule has 2 N–H and O–H groups in total. The molecule has 0 aliphatic heterocycles. The molecule has 0 amide bonds. The Labute approximate surface area is 165 Å². The van der Waals surface area contributed by atoms with E-state index in [4.69, 9.17) is 4.74 Å². The number of benzene rings is 1. The van der Waals surface area contributed by atoms with Crippen LogP contribution in [0.25, 0.3) is 10.2 Å². The van der Waals surface area contributed by atoms with E-state index < -0.39 is 16.0 Å². The number of nitrogens with zero attached hydrogens (tertiary/aromatic N) is 1. The highest BCUT2D eigenvalue weighted by Crippen LogP contribution is 2.15. The van der Waals surface area contributed by atoms with E-state index in [-0.39, 0.29) is 35.9 Å². The molecule has 8 nitrogen and oxygen atoms in total. The molecule has 0 unspecified atom stereocenters. The fraction of sp³-hybridized carbons (Fsp3) is 0.278. The second-order valence-electron chi connectivity index (χ2n) is 6.20. The summed E-state index contributed by atoms with van der Waals surface area (Å²) in [6.07, 6.45) is -0.144. The van der Waals surface area contributed by atoms with Crippen molar-refractivity contribution in [2.75, 3.05) is 6.54 Å². The van der Waals surface area contributed by atoms with Crippen molar-refractivity contribution < 1.29 is 17.9 Å². The molecular formula is C18H19N3O5S2. The zero-order chi connectivity index (χ0) is 20.3. The number of rotatable bonds is 7. The third kappa shape index (κ3) is 4.64. The van der Waals surface area contributed by atoms with Crippen LogP contribution in [-0.2, 0) is 26.2 Å². The van der Waals surface area contributed by atoms with Gasteiger partial charge in [-0.25, -0.2) is 18.1 Å². The van der Waals surface area contributed by atoms with E-state index in [2.05, 4.69) is 14.7 Å². The monoisotopic (exact) mass is 421 g/mol. The molecule has 148 valence electrons. The number of esters is 1. The summed E-state index contributed by atoms with van der Waals surface area (Å²) in [5.41, 5.74) is 2.12. The fourth-order valence-corrected chi connectivity index (χ4v) is 4.30. The van der Waals surface area contributed by atoms with E-state index in [1.807, 2.05) is 13.8 Å². The van der Waals surface area contributed by atoms with Crippen LogP contribution in [0, 0.1) is 13.8 Å². The molecule has 0 radical (unpaired) electrons. The molecule has 0 saturated carbocycles. The Bertz CT molecular complexity index is 1180. The van der Waals surface area contributed by atoms with Gasteiger partial charge in [0, 0.05) is 6.54 Å². The van der Waals surface area contributed by atoms with E-state index in [1.54, 1.807) is 23.6 Å². The van der Waals surface area contributed by atoms with Crippen molar-refractivity contribution in [1.82, 2.24) is 14.7 Å². The quantitative estimate of drug-likeness (QED) is 0.564. The van der Waals surface area contributed by atoms with Crippen LogP contribution in [0.3, 0.4) is 0 Å². The van der Waals surface area contributed by atoms with Gasteiger partial charge in [0.25, 0.3) is 5.56 Å². The van der Waals surface area contributed by atoms with Crippen LogP contribution in [-0.4, -0.2) is 30.9 Å². The van der Waals surface area contributed by atoms with Crippen molar-refractivity contribution in [1.29, 1.82) is 0 Å². The first-order chi connectivity index (χ1) is 13.3. The van der Waals surface area contributed by atoms with Crippen LogP contribution in [0.4, 0.5) is 0 Å². The lowest BCUT2D eigenvalue weighted by Gasteiger charge is -2.09. The van der Waals surface area contributed by atoms with Crippen LogP contribution >= 0.6 is 11.3 Å². The summed E-state index contributed by atoms with van der Waals surface area (Å²) in [7, 11) is -3.70. The molecule has 3 rings (SSSR count). The molecule has 0 bridgehead atoms. The Morgan fingerprint density at radius 3 is 2.79 bits per heavy atom. The van der Waals surface area contributed by atoms with Crippen LogP contribution in [0.2, 0.25) is 0 Å². The summed E-state index contributed by atoms with van der Waals surface area (Å²) >= 11 is 1.28. The van der Waals surface area contributed by atoms with E-state index in [0.717, 1.165) is 11.1 Å². The van der Waals surface area contributed by atoms with Crippen molar-refractivity contribution >= 4 is 37.5 Å². The lowest BCUT2D eigenvalue weighted by atomic mass is 10.1. The zero-order valence-corrected chi connectivity index (χ0v) is 16.9. The van der Waals surface area contributed by atoms with Gasteiger partial charge < -0.3 is 9.72 Å². The molecule has 0 aliphatic rings.